The van der Waals surface area contributed by atoms with Crippen molar-refractivity contribution < 1.29 is 18.9 Å². The van der Waals surface area contributed by atoms with Crippen molar-refractivity contribution in [1.82, 2.24) is 0 Å². The van der Waals surface area contributed by atoms with Crippen LogP contribution in [0.25, 0.3) is 0 Å². The topological polar surface area (TPSA) is 36.9 Å². The molecule has 4 unspecified atom stereocenters. The molecule has 0 amide bonds. The maximum absolute atomic E-state index is 5.60. The average molecular weight is 302 g/mol. The smallest absolute Gasteiger partial charge is 0.158 e. The van der Waals surface area contributed by atoms with Gasteiger partial charge in [0.1, 0.15) is 0 Å². The molecule has 2 fully saturated rings. The Labute approximate surface area is 130 Å². The van der Waals surface area contributed by atoms with Gasteiger partial charge < -0.3 is 18.9 Å². The minimum absolute atomic E-state index is 0.0648. The molecule has 4 heteroatoms. The summed E-state index contributed by atoms with van der Waals surface area (Å²) in [7, 11) is 0. The molecule has 4 atom stereocenters. The highest BCUT2D eigenvalue weighted by Gasteiger charge is 2.24. The predicted molar refractivity (Wildman–Crippen MR) is 84.1 cm³/mol. The fourth-order valence-corrected chi connectivity index (χ4v) is 2.32. The number of ether oxygens (including phenoxy) is 4. The molecule has 2 aliphatic heterocycles. The van der Waals surface area contributed by atoms with Crippen molar-refractivity contribution in [3.8, 4) is 0 Å². The minimum Gasteiger partial charge on any atom is -0.350 e. The van der Waals surface area contributed by atoms with E-state index in [-0.39, 0.29) is 12.6 Å². The summed E-state index contributed by atoms with van der Waals surface area (Å²) in [5.41, 5.74) is 0. The Hall–Kier alpha value is -0.160. The summed E-state index contributed by atoms with van der Waals surface area (Å²) in [5.74, 6) is 1.32. The fraction of sp³-hybridized carbons (Fsp3) is 1.00. The molecule has 21 heavy (non-hydrogen) atoms. The highest BCUT2D eigenvalue weighted by Crippen LogP contribution is 2.19. The fourth-order valence-electron chi connectivity index (χ4n) is 2.32. The molecular weight excluding hydrogens is 268 g/mol. The molecule has 0 aromatic heterocycles. The van der Waals surface area contributed by atoms with Gasteiger partial charge in [-0.2, -0.15) is 0 Å². The zero-order chi connectivity index (χ0) is 15.8. The minimum atomic E-state index is 0.0648. The van der Waals surface area contributed by atoms with Gasteiger partial charge in [-0.15, -0.1) is 0 Å². The highest BCUT2D eigenvalue weighted by molar-refractivity contribution is 4.64. The van der Waals surface area contributed by atoms with Gasteiger partial charge in [0.25, 0.3) is 0 Å². The van der Waals surface area contributed by atoms with E-state index in [2.05, 4.69) is 34.6 Å². The lowest BCUT2D eigenvalue weighted by molar-refractivity contribution is -0.0691. The summed E-state index contributed by atoms with van der Waals surface area (Å²) in [5, 5.41) is 0. The third-order valence-corrected chi connectivity index (χ3v) is 3.50. The summed E-state index contributed by atoms with van der Waals surface area (Å²) in [6.45, 7) is 14.4. The lowest BCUT2D eigenvalue weighted by Gasteiger charge is -2.12. The third-order valence-electron chi connectivity index (χ3n) is 3.50. The van der Waals surface area contributed by atoms with E-state index in [1.165, 1.54) is 0 Å². The normalized spacial score (nSPS) is 32.6. The molecule has 0 bridgehead atoms. The lowest BCUT2D eigenvalue weighted by Crippen LogP contribution is -2.13. The van der Waals surface area contributed by atoms with Gasteiger partial charge in [-0.1, -0.05) is 34.6 Å². The first kappa shape index (κ1) is 18.9. The molecule has 126 valence electrons. The number of rotatable bonds is 5. The van der Waals surface area contributed by atoms with Crippen LogP contribution < -0.4 is 0 Å². The van der Waals surface area contributed by atoms with Crippen molar-refractivity contribution in [2.45, 2.75) is 85.6 Å². The first-order valence-corrected chi connectivity index (χ1v) is 8.44. The second-order valence-corrected chi connectivity index (χ2v) is 6.90. The molecule has 0 N–H and O–H groups in total. The standard InChI is InChI=1S/C9H18O2.C8H16O2/c1-4-8-6-10-9(11-8)5-7(2)3;1-6(2)4-8-9-5-7(3)10-8/h7-9H,4-6H2,1-3H3;6-8H,4-5H2,1-3H3. The Kier molecular flexibility index (Phi) is 8.79. The maximum atomic E-state index is 5.60. The van der Waals surface area contributed by atoms with Gasteiger partial charge in [0.15, 0.2) is 12.6 Å². The zero-order valence-corrected chi connectivity index (χ0v) is 14.6. The summed E-state index contributed by atoms with van der Waals surface area (Å²) in [6, 6.07) is 0. The summed E-state index contributed by atoms with van der Waals surface area (Å²) in [6.07, 6.45) is 3.88. The summed E-state index contributed by atoms with van der Waals surface area (Å²) >= 11 is 0. The van der Waals surface area contributed by atoms with Crippen molar-refractivity contribution in [3.63, 3.8) is 0 Å². The van der Waals surface area contributed by atoms with Crippen LogP contribution in [0.1, 0.15) is 60.8 Å². The van der Waals surface area contributed by atoms with E-state index in [0.717, 1.165) is 32.5 Å². The molecule has 4 nitrogen and oxygen atoms in total. The van der Waals surface area contributed by atoms with Crippen LogP contribution in [0.4, 0.5) is 0 Å². The molecule has 2 heterocycles. The van der Waals surface area contributed by atoms with Gasteiger partial charge in [-0.25, -0.2) is 0 Å². The molecule has 0 saturated carbocycles. The van der Waals surface area contributed by atoms with Crippen molar-refractivity contribution in [2.75, 3.05) is 13.2 Å². The van der Waals surface area contributed by atoms with E-state index in [1.807, 2.05) is 6.92 Å². The van der Waals surface area contributed by atoms with E-state index in [4.69, 9.17) is 18.9 Å². The first-order chi connectivity index (χ1) is 9.90. The van der Waals surface area contributed by atoms with Crippen molar-refractivity contribution >= 4 is 0 Å². The molecule has 2 saturated heterocycles. The van der Waals surface area contributed by atoms with Crippen LogP contribution in [0, 0.1) is 11.8 Å². The van der Waals surface area contributed by atoms with Gasteiger partial charge in [0, 0.05) is 12.8 Å². The van der Waals surface area contributed by atoms with Crippen LogP contribution in [0.15, 0.2) is 0 Å². The Morgan fingerprint density at radius 2 is 1.38 bits per heavy atom. The Balaban J connectivity index is 0.000000211. The van der Waals surface area contributed by atoms with Crippen LogP contribution >= 0.6 is 0 Å². The molecule has 0 aromatic rings. The lowest BCUT2D eigenvalue weighted by atomic mass is 10.1. The maximum Gasteiger partial charge on any atom is 0.158 e. The molecule has 0 aromatic carbocycles. The predicted octanol–water partition coefficient (Wildman–Crippen LogP) is 3.98. The first-order valence-electron chi connectivity index (χ1n) is 8.44. The van der Waals surface area contributed by atoms with Gasteiger partial charge in [0.2, 0.25) is 0 Å². The average Bonchev–Trinajstić information content (AvgIpc) is 2.98. The van der Waals surface area contributed by atoms with Crippen LogP contribution in [-0.4, -0.2) is 38.0 Å². The molecule has 2 rings (SSSR count). The summed E-state index contributed by atoms with van der Waals surface area (Å²) in [4.78, 5) is 0. The largest absolute Gasteiger partial charge is 0.350 e. The van der Waals surface area contributed by atoms with E-state index in [9.17, 15) is 0 Å². The number of hydrogen-bond acceptors (Lipinski definition) is 4. The molecular formula is C17H34O4. The highest BCUT2D eigenvalue weighted by atomic mass is 16.7. The second kappa shape index (κ2) is 9.78. The van der Waals surface area contributed by atoms with Gasteiger partial charge in [-0.3, -0.25) is 0 Å². The monoisotopic (exact) mass is 302 g/mol. The Morgan fingerprint density at radius 3 is 1.76 bits per heavy atom. The quantitative estimate of drug-likeness (QED) is 0.770. The molecule has 0 radical (unpaired) electrons. The second-order valence-electron chi connectivity index (χ2n) is 6.90. The Morgan fingerprint density at radius 1 is 0.857 bits per heavy atom. The molecule has 0 spiro atoms. The van der Waals surface area contributed by atoms with Crippen LogP contribution in [-0.2, 0) is 18.9 Å². The van der Waals surface area contributed by atoms with Gasteiger partial charge in [-0.05, 0) is 25.2 Å². The van der Waals surface area contributed by atoms with E-state index in [0.29, 0.717) is 24.0 Å². The van der Waals surface area contributed by atoms with E-state index < -0.39 is 0 Å². The molecule has 0 aliphatic carbocycles. The van der Waals surface area contributed by atoms with Crippen molar-refractivity contribution in [2.24, 2.45) is 11.8 Å². The number of hydrogen-bond donors (Lipinski definition) is 0. The SMILES string of the molecule is CC(C)CC1OCC(C)O1.CCC1COC(CC(C)C)O1. The van der Waals surface area contributed by atoms with E-state index in [1.54, 1.807) is 0 Å². The van der Waals surface area contributed by atoms with Gasteiger partial charge in [0.05, 0.1) is 25.4 Å². The Bertz CT molecular complexity index is 268. The molecule has 2 aliphatic rings. The van der Waals surface area contributed by atoms with Gasteiger partial charge >= 0.3 is 0 Å². The van der Waals surface area contributed by atoms with Crippen LogP contribution in [0.5, 0.6) is 0 Å². The van der Waals surface area contributed by atoms with Crippen LogP contribution in [0.3, 0.4) is 0 Å². The van der Waals surface area contributed by atoms with Crippen molar-refractivity contribution in [3.05, 3.63) is 0 Å². The van der Waals surface area contributed by atoms with E-state index >= 15 is 0 Å². The third kappa shape index (κ3) is 8.15. The zero-order valence-electron chi connectivity index (χ0n) is 14.6. The van der Waals surface area contributed by atoms with Crippen LogP contribution in [0.2, 0.25) is 0 Å². The summed E-state index contributed by atoms with van der Waals surface area (Å²) < 4.78 is 21.8. The van der Waals surface area contributed by atoms with Crippen molar-refractivity contribution in [1.29, 1.82) is 0 Å².